The third kappa shape index (κ3) is 3.73. The number of nitrogens with two attached hydrogens (primary N) is 1. The summed E-state index contributed by atoms with van der Waals surface area (Å²) in [5, 5.41) is 2.10. The van der Waals surface area contributed by atoms with Crippen molar-refractivity contribution < 1.29 is 10.9 Å². The average molecular weight is 272 g/mol. The van der Waals surface area contributed by atoms with Crippen molar-refractivity contribution in [3.8, 4) is 5.75 Å². The van der Waals surface area contributed by atoms with Crippen LogP contribution in [0.3, 0.4) is 0 Å². The predicted octanol–water partition coefficient (Wildman–Crippen LogP) is 3.44. The highest BCUT2D eigenvalue weighted by Gasteiger charge is 2.05. The zero-order chi connectivity index (χ0) is 15.4. The fraction of sp³-hybridized carbons (Fsp3) is 0.353. The standard InChI is InChI=1S/C17H21NO2/c1-12(2)20-15-10-9-14-6-3-5-13(16(14)11-15)7-4-8-17(18)19/h3,5-6,9-12H,4,7-8H2,1-2H3,(H2,18,19)/i3D. The number of primary amides is 1. The molecule has 0 aliphatic carbocycles. The van der Waals surface area contributed by atoms with Gasteiger partial charge in [0.25, 0.3) is 0 Å². The van der Waals surface area contributed by atoms with Crippen molar-refractivity contribution in [1.29, 1.82) is 0 Å². The zero-order valence-corrected chi connectivity index (χ0v) is 12.0. The fourth-order valence-electron chi connectivity index (χ4n) is 2.25. The number of rotatable bonds is 6. The average Bonchev–Trinajstić information content (AvgIpc) is 2.38. The van der Waals surface area contributed by atoms with E-state index in [2.05, 4.69) is 0 Å². The number of hydrogen-bond acceptors (Lipinski definition) is 2. The van der Waals surface area contributed by atoms with E-state index in [-0.39, 0.29) is 12.0 Å². The maximum Gasteiger partial charge on any atom is 0.217 e. The van der Waals surface area contributed by atoms with Crippen LogP contribution in [0.15, 0.2) is 36.4 Å². The van der Waals surface area contributed by atoms with Gasteiger partial charge in [0.1, 0.15) is 5.75 Å². The lowest BCUT2D eigenvalue weighted by atomic mass is 10.00. The summed E-state index contributed by atoms with van der Waals surface area (Å²) >= 11 is 0. The summed E-state index contributed by atoms with van der Waals surface area (Å²) in [7, 11) is 0. The summed E-state index contributed by atoms with van der Waals surface area (Å²) in [6, 6.07) is 10.1. The summed E-state index contributed by atoms with van der Waals surface area (Å²) in [6.07, 6.45) is 1.92. The molecule has 0 aliphatic rings. The van der Waals surface area contributed by atoms with E-state index in [0.29, 0.717) is 18.9 Å². The molecule has 2 rings (SSSR count). The SMILES string of the molecule is [2H]c1cc(CCCC(N)=O)c2cc(OC(C)C)ccc2c1. The second-order valence-corrected chi connectivity index (χ2v) is 5.22. The number of carbonyl (C=O) groups excluding carboxylic acids is 1. The van der Waals surface area contributed by atoms with Gasteiger partial charge in [0.05, 0.1) is 7.47 Å². The molecule has 2 aromatic rings. The summed E-state index contributed by atoms with van der Waals surface area (Å²) < 4.78 is 13.6. The highest BCUT2D eigenvalue weighted by atomic mass is 16.5. The smallest absolute Gasteiger partial charge is 0.217 e. The van der Waals surface area contributed by atoms with Crippen LogP contribution in [0.5, 0.6) is 5.75 Å². The van der Waals surface area contributed by atoms with Gasteiger partial charge in [0.15, 0.2) is 0 Å². The molecule has 0 saturated heterocycles. The van der Waals surface area contributed by atoms with Gasteiger partial charge in [0.2, 0.25) is 5.91 Å². The molecule has 1 amide bonds. The molecule has 0 spiro atoms. The van der Waals surface area contributed by atoms with E-state index in [4.69, 9.17) is 11.8 Å². The van der Waals surface area contributed by atoms with Gasteiger partial charge >= 0.3 is 0 Å². The summed E-state index contributed by atoms with van der Waals surface area (Å²) in [5.74, 6) is 0.538. The number of aryl methyl sites for hydroxylation is 1. The lowest BCUT2D eigenvalue weighted by molar-refractivity contribution is -0.118. The molecule has 0 heterocycles. The predicted molar refractivity (Wildman–Crippen MR) is 81.8 cm³/mol. The molecule has 0 radical (unpaired) electrons. The Bertz CT molecular complexity index is 653. The normalized spacial score (nSPS) is 11.7. The molecule has 20 heavy (non-hydrogen) atoms. The first-order valence-electron chi connectivity index (χ1n) is 7.44. The van der Waals surface area contributed by atoms with Gasteiger partial charge in [-0.05, 0) is 55.2 Å². The van der Waals surface area contributed by atoms with Crippen molar-refractivity contribution in [2.45, 2.75) is 39.2 Å². The van der Waals surface area contributed by atoms with Crippen LogP contribution in [0.25, 0.3) is 10.8 Å². The van der Waals surface area contributed by atoms with Crippen LogP contribution in [0, 0.1) is 0 Å². The molecule has 0 atom stereocenters. The van der Waals surface area contributed by atoms with Gasteiger partial charge in [-0.1, -0.05) is 24.2 Å². The van der Waals surface area contributed by atoms with Crippen molar-refractivity contribution in [2.24, 2.45) is 5.73 Å². The molecule has 2 aromatic carbocycles. The summed E-state index contributed by atoms with van der Waals surface area (Å²) in [5.41, 5.74) is 6.25. The van der Waals surface area contributed by atoms with Crippen molar-refractivity contribution in [1.82, 2.24) is 0 Å². The number of carbonyl (C=O) groups is 1. The molecule has 0 bridgehead atoms. The molecular formula is C17H21NO2. The molecule has 0 unspecified atom stereocenters. The van der Waals surface area contributed by atoms with Crippen molar-refractivity contribution in [2.75, 3.05) is 0 Å². The van der Waals surface area contributed by atoms with Gasteiger partial charge in [-0.3, -0.25) is 4.79 Å². The number of benzene rings is 2. The second-order valence-electron chi connectivity index (χ2n) is 5.22. The second kappa shape index (κ2) is 6.42. The van der Waals surface area contributed by atoms with E-state index in [0.717, 1.165) is 28.5 Å². The van der Waals surface area contributed by atoms with Gasteiger partial charge in [-0.15, -0.1) is 0 Å². The highest BCUT2D eigenvalue weighted by molar-refractivity contribution is 5.87. The minimum atomic E-state index is -0.287. The molecular weight excluding hydrogens is 250 g/mol. The molecule has 3 nitrogen and oxygen atoms in total. The van der Waals surface area contributed by atoms with Crippen LogP contribution in [-0.4, -0.2) is 12.0 Å². The van der Waals surface area contributed by atoms with E-state index in [1.165, 1.54) is 0 Å². The van der Waals surface area contributed by atoms with Gasteiger partial charge in [-0.2, -0.15) is 0 Å². The number of hydrogen-bond donors (Lipinski definition) is 1. The number of ether oxygens (including phenoxy) is 1. The van der Waals surface area contributed by atoms with E-state index in [1.54, 1.807) is 0 Å². The molecule has 106 valence electrons. The zero-order valence-electron chi connectivity index (χ0n) is 13.0. The Morgan fingerprint density at radius 1 is 1.35 bits per heavy atom. The largest absolute Gasteiger partial charge is 0.491 e. The minimum absolute atomic E-state index is 0.121. The Kier molecular flexibility index (Phi) is 4.16. The quantitative estimate of drug-likeness (QED) is 0.875. The van der Waals surface area contributed by atoms with Gasteiger partial charge < -0.3 is 10.5 Å². The highest BCUT2D eigenvalue weighted by Crippen LogP contribution is 2.25. The lowest BCUT2D eigenvalue weighted by Gasteiger charge is -2.12. The first kappa shape index (κ1) is 13.0. The molecule has 0 aromatic heterocycles. The maximum atomic E-state index is 10.9. The van der Waals surface area contributed by atoms with Crippen LogP contribution in [-0.2, 0) is 11.2 Å². The Morgan fingerprint density at radius 3 is 2.85 bits per heavy atom. The number of fused-ring (bicyclic) bond motifs is 1. The fourth-order valence-corrected chi connectivity index (χ4v) is 2.25. The van der Waals surface area contributed by atoms with Crippen LogP contribution in [0.2, 0.25) is 0 Å². The van der Waals surface area contributed by atoms with Crippen LogP contribution < -0.4 is 10.5 Å². The molecule has 2 N–H and O–H groups in total. The van der Waals surface area contributed by atoms with Crippen LogP contribution in [0.4, 0.5) is 0 Å². The van der Waals surface area contributed by atoms with Crippen LogP contribution >= 0.6 is 0 Å². The first-order chi connectivity index (χ1) is 9.95. The van der Waals surface area contributed by atoms with E-state index in [9.17, 15) is 4.79 Å². The van der Waals surface area contributed by atoms with Gasteiger partial charge in [0, 0.05) is 6.42 Å². The molecule has 0 saturated carbocycles. The summed E-state index contributed by atoms with van der Waals surface area (Å²) in [6.45, 7) is 3.98. The Morgan fingerprint density at radius 2 is 2.15 bits per heavy atom. The molecule has 0 fully saturated rings. The van der Waals surface area contributed by atoms with Crippen molar-refractivity contribution in [3.63, 3.8) is 0 Å². The van der Waals surface area contributed by atoms with Crippen LogP contribution in [0.1, 0.15) is 33.6 Å². The topological polar surface area (TPSA) is 52.3 Å². The lowest BCUT2D eigenvalue weighted by Crippen LogP contribution is -2.10. The Labute approximate surface area is 121 Å². The van der Waals surface area contributed by atoms with E-state index >= 15 is 0 Å². The molecule has 0 aliphatic heterocycles. The minimum Gasteiger partial charge on any atom is -0.491 e. The van der Waals surface area contributed by atoms with Crippen molar-refractivity contribution in [3.05, 3.63) is 41.9 Å². The summed E-state index contributed by atoms with van der Waals surface area (Å²) in [4.78, 5) is 10.9. The van der Waals surface area contributed by atoms with Crippen molar-refractivity contribution >= 4 is 16.7 Å². The Hall–Kier alpha value is -2.03. The maximum absolute atomic E-state index is 10.9. The van der Waals surface area contributed by atoms with E-state index in [1.807, 2.05) is 44.2 Å². The third-order valence-corrected chi connectivity index (χ3v) is 3.11. The van der Waals surface area contributed by atoms with E-state index < -0.39 is 0 Å². The first-order valence-corrected chi connectivity index (χ1v) is 6.94. The monoisotopic (exact) mass is 272 g/mol. The molecule has 3 heteroatoms. The van der Waals surface area contributed by atoms with Gasteiger partial charge in [-0.25, -0.2) is 0 Å². The Balaban J connectivity index is 2.34. The third-order valence-electron chi connectivity index (χ3n) is 3.11. The number of amides is 1.